The van der Waals surface area contributed by atoms with Gasteiger partial charge in [-0.15, -0.1) is 0 Å². The molecular formula is C18H22N2O10. The molecule has 164 valence electrons. The van der Waals surface area contributed by atoms with Crippen LogP contribution in [0, 0.1) is 16.0 Å². The number of hydrogen-bond donors (Lipinski definition) is 4. The van der Waals surface area contributed by atoms with Gasteiger partial charge in [0, 0.05) is 19.0 Å². The molecule has 0 heterocycles. The van der Waals surface area contributed by atoms with E-state index in [1.165, 1.54) is 25.1 Å². The number of rotatable bonds is 12. The van der Waals surface area contributed by atoms with Crippen LogP contribution in [0.1, 0.15) is 37.3 Å². The molecule has 0 radical (unpaired) electrons. The maximum Gasteiger partial charge on any atom is 0.310 e. The fourth-order valence-corrected chi connectivity index (χ4v) is 2.52. The lowest BCUT2D eigenvalue weighted by atomic mass is 10.00. The smallest absolute Gasteiger partial charge is 0.310 e. The summed E-state index contributed by atoms with van der Waals surface area (Å²) < 4.78 is 4.89. The molecule has 0 aliphatic heterocycles. The molecule has 1 rings (SSSR count). The first kappa shape index (κ1) is 24.5. The van der Waals surface area contributed by atoms with Crippen molar-refractivity contribution < 1.29 is 44.2 Å². The highest BCUT2D eigenvalue weighted by Crippen LogP contribution is 2.20. The summed E-state index contributed by atoms with van der Waals surface area (Å²) in [5.74, 6) is -5.60. The summed E-state index contributed by atoms with van der Waals surface area (Å²) in [4.78, 5) is 55.8. The van der Waals surface area contributed by atoms with Gasteiger partial charge in [0.05, 0.1) is 29.9 Å². The van der Waals surface area contributed by atoms with Gasteiger partial charge >= 0.3 is 17.9 Å². The number of aliphatic carboxylic acids is 2. The van der Waals surface area contributed by atoms with Gasteiger partial charge in [-0.25, -0.2) is 0 Å². The summed E-state index contributed by atoms with van der Waals surface area (Å²) in [5, 5.41) is 40.3. The van der Waals surface area contributed by atoms with Crippen LogP contribution >= 0.6 is 0 Å². The van der Waals surface area contributed by atoms with Crippen LogP contribution in [-0.2, 0) is 37.1 Å². The largest absolute Gasteiger partial charge is 0.481 e. The van der Waals surface area contributed by atoms with E-state index < -0.39 is 53.8 Å². The standard InChI is InChI=1S/C18H22N2O10/c1-10(13(18(26)27)7-16(23)24)30-17(25)5-4-15(22)19-8-11-2-3-12(9-21)14(6-11)20(28)29/h2-3,6,10,13,21H,4-5,7-9H2,1H3,(H,19,22)(H,23,24)(H,26,27). The lowest BCUT2D eigenvalue weighted by Crippen LogP contribution is -2.32. The molecule has 2 unspecified atom stereocenters. The van der Waals surface area contributed by atoms with Gasteiger partial charge in [0.25, 0.3) is 5.69 Å². The highest BCUT2D eigenvalue weighted by atomic mass is 16.6. The monoisotopic (exact) mass is 426 g/mol. The molecule has 2 atom stereocenters. The molecule has 1 aromatic rings. The fraction of sp³-hybridized carbons (Fsp3) is 0.444. The van der Waals surface area contributed by atoms with Gasteiger partial charge in [-0.3, -0.25) is 29.3 Å². The molecule has 0 aromatic heterocycles. The van der Waals surface area contributed by atoms with Crippen molar-refractivity contribution in [3.8, 4) is 0 Å². The first-order valence-electron chi connectivity index (χ1n) is 8.83. The van der Waals surface area contributed by atoms with Crippen molar-refractivity contribution in [2.45, 2.75) is 45.4 Å². The van der Waals surface area contributed by atoms with E-state index in [4.69, 9.17) is 20.1 Å². The van der Waals surface area contributed by atoms with Crippen molar-refractivity contribution in [3.05, 3.63) is 39.4 Å². The molecule has 30 heavy (non-hydrogen) atoms. The second-order valence-corrected chi connectivity index (χ2v) is 6.39. The van der Waals surface area contributed by atoms with E-state index in [2.05, 4.69) is 5.32 Å². The lowest BCUT2D eigenvalue weighted by molar-refractivity contribution is -0.385. The zero-order chi connectivity index (χ0) is 22.8. The van der Waals surface area contributed by atoms with Gasteiger partial charge < -0.3 is 25.4 Å². The number of nitro benzene ring substituents is 1. The van der Waals surface area contributed by atoms with Crippen molar-refractivity contribution in [2.24, 2.45) is 5.92 Å². The lowest BCUT2D eigenvalue weighted by Gasteiger charge is -2.19. The quantitative estimate of drug-likeness (QED) is 0.209. The SMILES string of the molecule is CC(OC(=O)CCC(=O)NCc1ccc(CO)c([N+](=O)[O-])c1)C(CC(=O)O)C(=O)O. The predicted octanol–water partition coefficient (Wildman–Crippen LogP) is 0.591. The van der Waals surface area contributed by atoms with Crippen LogP contribution in [0.3, 0.4) is 0 Å². The van der Waals surface area contributed by atoms with Crippen molar-refractivity contribution >= 4 is 29.5 Å². The number of aliphatic hydroxyl groups is 1. The molecule has 0 saturated carbocycles. The summed E-state index contributed by atoms with van der Waals surface area (Å²) >= 11 is 0. The van der Waals surface area contributed by atoms with Gasteiger partial charge in [0.15, 0.2) is 0 Å². The molecule has 12 nitrogen and oxygen atoms in total. The Bertz CT molecular complexity index is 823. The molecule has 12 heteroatoms. The average Bonchev–Trinajstić information content (AvgIpc) is 2.68. The Morgan fingerprint density at radius 2 is 1.87 bits per heavy atom. The first-order valence-corrected chi connectivity index (χ1v) is 8.83. The van der Waals surface area contributed by atoms with E-state index in [9.17, 15) is 29.3 Å². The first-order chi connectivity index (χ1) is 14.0. The Morgan fingerprint density at radius 3 is 2.40 bits per heavy atom. The number of nitrogens with one attached hydrogen (secondary N) is 1. The van der Waals surface area contributed by atoms with E-state index in [0.717, 1.165) is 0 Å². The minimum atomic E-state index is -1.42. The topological polar surface area (TPSA) is 193 Å². The van der Waals surface area contributed by atoms with E-state index in [-0.39, 0.29) is 30.6 Å². The number of nitrogens with zero attached hydrogens (tertiary/aromatic N) is 1. The summed E-state index contributed by atoms with van der Waals surface area (Å²) in [6.45, 7) is 0.706. The number of amides is 1. The highest BCUT2D eigenvalue weighted by Gasteiger charge is 2.30. The normalized spacial score (nSPS) is 12.5. The molecule has 0 bridgehead atoms. The number of esters is 1. The molecule has 0 saturated heterocycles. The number of carbonyl (C=O) groups is 4. The Labute approximate surface area is 170 Å². The van der Waals surface area contributed by atoms with E-state index in [1.807, 2.05) is 0 Å². The van der Waals surface area contributed by atoms with Crippen molar-refractivity contribution in [1.29, 1.82) is 0 Å². The van der Waals surface area contributed by atoms with Gasteiger partial charge in [0.2, 0.25) is 5.91 Å². The molecule has 1 aromatic carbocycles. The molecule has 1 amide bonds. The van der Waals surface area contributed by atoms with Crippen LogP contribution < -0.4 is 5.32 Å². The number of nitro groups is 1. The summed E-state index contributed by atoms with van der Waals surface area (Å²) in [6, 6.07) is 4.09. The van der Waals surface area contributed by atoms with Crippen LogP contribution in [0.4, 0.5) is 5.69 Å². The van der Waals surface area contributed by atoms with E-state index in [0.29, 0.717) is 5.56 Å². The summed E-state index contributed by atoms with van der Waals surface area (Å²) in [6.07, 6.45) is -2.55. The van der Waals surface area contributed by atoms with Gasteiger partial charge in [-0.1, -0.05) is 6.07 Å². The number of carboxylic acid groups (broad SMARTS) is 2. The maximum absolute atomic E-state index is 11.9. The maximum atomic E-state index is 11.9. The summed E-state index contributed by atoms with van der Waals surface area (Å²) in [7, 11) is 0. The Morgan fingerprint density at radius 1 is 1.20 bits per heavy atom. The van der Waals surface area contributed by atoms with Crippen LogP contribution in [0.2, 0.25) is 0 Å². The molecular weight excluding hydrogens is 404 g/mol. The second kappa shape index (κ2) is 11.5. The number of carboxylic acids is 2. The van der Waals surface area contributed by atoms with Crippen molar-refractivity contribution in [1.82, 2.24) is 5.32 Å². The number of hydrogen-bond acceptors (Lipinski definition) is 8. The number of carbonyl (C=O) groups excluding carboxylic acids is 2. The zero-order valence-electron chi connectivity index (χ0n) is 16.1. The van der Waals surface area contributed by atoms with Crippen LogP contribution in [0.5, 0.6) is 0 Å². The third-order valence-electron chi connectivity index (χ3n) is 4.16. The third-order valence-corrected chi connectivity index (χ3v) is 4.16. The van der Waals surface area contributed by atoms with Crippen LogP contribution in [0.25, 0.3) is 0 Å². The summed E-state index contributed by atoms with van der Waals surface area (Å²) in [5.41, 5.74) is 0.270. The fourth-order valence-electron chi connectivity index (χ4n) is 2.52. The Kier molecular flexibility index (Phi) is 9.36. The Balaban J connectivity index is 2.52. The number of ether oxygens (including phenoxy) is 1. The molecule has 0 aliphatic carbocycles. The Hall–Kier alpha value is -3.54. The minimum Gasteiger partial charge on any atom is -0.481 e. The zero-order valence-corrected chi connectivity index (χ0v) is 16.1. The molecule has 0 spiro atoms. The highest BCUT2D eigenvalue weighted by molar-refractivity contribution is 5.82. The average molecular weight is 426 g/mol. The van der Waals surface area contributed by atoms with Crippen molar-refractivity contribution in [2.75, 3.05) is 0 Å². The number of benzene rings is 1. The minimum absolute atomic E-state index is 0.0451. The predicted molar refractivity (Wildman–Crippen MR) is 99.0 cm³/mol. The van der Waals surface area contributed by atoms with E-state index in [1.54, 1.807) is 0 Å². The van der Waals surface area contributed by atoms with Crippen LogP contribution in [0.15, 0.2) is 18.2 Å². The third kappa shape index (κ3) is 7.83. The molecule has 0 aliphatic rings. The van der Waals surface area contributed by atoms with Gasteiger partial charge in [0.1, 0.15) is 12.0 Å². The van der Waals surface area contributed by atoms with E-state index >= 15 is 0 Å². The molecule has 4 N–H and O–H groups in total. The van der Waals surface area contributed by atoms with Gasteiger partial charge in [-0.05, 0) is 18.6 Å². The van der Waals surface area contributed by atoms with Gasteiger partial charge in [-0.2, -0.15) is 0 Å². The molecule has 0 fully saturated rings. The number of aliphatic hydroxyl groups excluding tert-OH is 1. The van der Waals surface area contributed by atoms with Crippen LogP contribution in [-0.4, -0.2) is 50.2 Å². The van der Waals surface area contributed by atoms with Crippen molar-refractivity contribution in [3.63, 3.8) is 0 Å². The second-order valence-electron chi connectivity index (χ2n) is 6.39.